The monoisotopic (exact) mass is 537 g/mol. The van der Waals surface area contributed by atoms with Crippen molar-refractivity contribution in [2.24, 2.45) is 23.2 Å². The predicted octanol–water partition coefficient (Wildman–Crippen LogP) is 2.43. The molecule has 0 radical (unpaired) electrons. The number of cyclic esters (lactones) is 1. The van der Waals surface area contributed by atoms with Gasteiger partial charge in [-0.05, 0) is 49.3 Å². The molecule has 0 bridgehead atoms. The van der Waals surface area contributed by atoms with Crippen LogP contribution < -0.4 is 5.32 Å². The summed E-state index contributed by atoms with van der Waals surface area (Å²) >= 11 is 0. The molecule has 208 valence electrons. The highest BCUT2D eigenvalue weighted by molar-refractivity contribution is 5.94. The molecule has 3 saturated carbocycles. The van der Waals surface area contributed by atoms with Gasteiger partial charge in [-0.2, -0.15) is 0 Å². The molecule has 2 spiro atoms. The molecule has 2 N–H and O–H groups in total. The molecule has 9 heteroatoms. The molecule has 4 aliphatic carbocycles. The molecule has 2 saturated heterocycles. The average molecular weight is 538 g/mol. The van der Waals surface area contributed by atoms with Crippen molar-refractivity contribution in [3.63, 3.8) is 0 Å². The predicted molar refractivity (Wildman–Crippen MR) is 135 cm³/mol. The van der Waals surface area contributed by atoms with Crippen molar-refractivity contribution in [2.45, 2.75) is 80.9 Å². The lowest BCUT2D eigenvalue weighted by Crippen LogP contribution is -2.69. The minimum atomic E-state index is -1.01. The summed E-state index contributed by atoms with van der Waals surface area (Å²) in [6.07, 6.45) is 1.24. The van der Waals surface area contributed by atoms with E-state index >= 15 is 0 Å². The maximum absolute atomic E-state index is 12.6. The Balaban J connectivity index is 1.18. The van der Waals surface area contributed by atoms with Gasteiger partial charge in [0, 0.05) is 48.1 Å². The van der Waals surface area contributed by atoms with Crippen molar-refractivity contribution < 1.29 is 38.4 Å². The number of epoxide rings is 2. The number of carbonyl (C=O) groups is 2. The van der Waals surface area contributed by atoms with Gasteiger partial charge in [0.15, 0.2) is 6.29 Å². The molecule has 0 aromatic heterocycles. The second kappa shape index (κ2) is 7.50. The fraction of sp³-hybridized carbons (Fsp3) is 0.667. The summed E-state index contributed by atoms with van der Waals surface area (Å²) in [5.74, 6) is -0.181. The molecule has 3 heterocycles. The van der Waals surface area contributed by atoms with E-state index < -0.39 is 34.6 Å². The first kappa shape index (κ1) is 24.5. The zero-order valence-electron chi connectivity index (χ0n) is 22.7. The third-order valence-electron chi connectivity index (χ3n) is 11.4. The molecule has 10 atom stereocenters. The molecule has 1 aromatic rings. The topological polar surface area (TPSA) is 119 Å². The lowest BCUT2D eigenvalue weighted by atomic mass is 9.50. The smallest absolute Gasteiger partial charge is 0.334 e. The van der Waals surface area contributed by atoms with Crippen LogP contribution in [0.5, 0.6) is 0 Å². The largest absolute Gasteiger partial charge is 0.458 e. The van der Waals surface area contributed by atoms with Crippen LogP contribution in [-0.2, 0) is 28.5 Å². The summed E-state index contributed by atoms with van der Waals surface area (Å²) in [6.45, 7) is 4.60. The van der Waals surface area contributed by atoms with Crippen LogP contribution in [0, 0.1) is 23.2 Å². The van der Waals surface area contributed by atoms with Crippen LogP contribution in [-0.4, -0.2) is 72.9 Å². The fourth-order valence-corrected chi connectivity index (χ4v) is 9.54. The van der Waals surface area contributed by atoms with Crippen molar-refractivity contribution in [3.05, 3.63) is 46.5 Å². The maximum atomic E-state index is 12.6. The number of benzene rings is 1. The summed E-state index contributed by atoms with van der Waals surface area (Å²) in [4.78, 5) is 24.4. The summed E-state index contributed by atoms with van der Waals surface area (Å²) in [7, 11) is 3.22. The third kappa shape index (κ3) is 2.65. The maximum Gasteiger partial charge on any atom is 0.334 e. The van der Waals surface area contributed by atoms with Crippen molar-refractivity contribution in [1.29, 1.82) is 0 Å². The molecule has 3 aliphatic heterocycles. The Labute approximate surface area is 227 Å². The van der Waals surface area contributed by atoms with Crippen LogP contribution in [0.1, 0.15) is 61.7 Å². The number of esters is 1. The minimum absolute atomic E-state index is 0.0225. The van der Waals surface area contributed by atoms with Crippen LogP contribution in [0.15, 0.2) is 35.4 Å². The number of hydrogen-bond acceptors (Lipinski definition) is 8. The van der Waals surface area contributed by atoms with Gasteiger partial charge in [0.2, 0.25) is 0 Å². The van der Waals surface area contributed by atoms with Gasteiger partial charge in [0.25, 0.3) is 5.91 Å². The number of amides is 1. The van der Waals surface area contributed by atoms with Gasteiger partial charge < -0.3 is 34.1 Å². The molecule has 1 amide bonds. The Hall–Kier alpha value is -2.30. The number of hydrogen-bond donors (Lipinski definition) is 2. The number of ether oxygens (including phenoxy) is 5. The van der Waals surface area contributed by atoms with E-state index in [9.17, 15) is 14.7 Å². The second-order valence-corrected chi connectivity index (χ2v) is 12.8. The standard InChI is InChI=1S/C30H35NO8/c1-14(2)29-22(39-29)20-12-27(20)28(34)10-9-17-18(13-36-24(17)33)19(28)11-21-30(27,38-21)26(29)37-25(35-4)16-7-5-15(6-8-16)23(32)31-3/h5-8,14,19-22,25-26,34H,9-13H2,1-4H3,(H,31,32)/t19-,20-,21-,22-,25?,26+,27-,28+,29-,30+/m0/s1. The third-order valence-corrected chi connectivity index (χ3v) is 11.4. The summed E-state index contributed by atoms with van der Waals surface area (Å²) in [6, 6.07) is 7.23. The Morgan fingerprint density at radius 3 is 2.67 bits per heavy atom. The fourth-order valence-electron chi connectivity index (χ4n) is 9.54. The lowest BCUT2D eigenvalue weighted by molar-refractivity contribution is -0.233. The second-order valence-electron chi connectivity index (χ2n) is 12.8. The highest BCUT2D eigenvalue weighted by Gasteiger charge is 2.99. The molecule has 5 fully saturated rings. The number of fused-ring (bicyclic) bond motifs is 4. The molecule has 7 aliphatic rings. The first-order chi connectivity index (χ1) is 18.7. The number of methoxy groups -OCH3 is 1. The molecular formula is C30H35NO8. The zero-order valence-corrected chi connectivity index (χ0v) is 22.7. The number of carbonyl (C=O) groups excluding carboxylic acids is 2. The molecular weight excluding hydrogens is 502 g/mol. The van der Waals surface area contributed by atoms with E-state index in [1.807, 2.05) is 12.1 Å². The van der Waals surface area contributed by atoms with Crippen molar-refractivity contribution in [2.75, 3.05) is 20.8 Å². The van der Waals surface area contributed by atoms with E-state index in [0.717, 1.165) is 23.1 Å². The molecule has 1 aromatic carbocycles. The van der Waals surface area contributed by atoms with E-state index in [2.05, 4.69) is 19.2 Å². The number of nitrogens with one attached hydrogen (secondary N) is 1. The molecule has 1 unspecified atom stereocenters. The van der Waals surface area contributed by atoms with Crippen molar-refractivity contribution in [3.8, 4) is 0 Å². The van der Waals surface area contributed by atoms with Crippen LogP contribution in [0.3, 0.4) is 0 Å². The van der Waals surface area contributed by atoms with Gasteiger partial charge in [-0.3, -0.25) is 4.79 Å². The van der Waals surface area contributed by atoms with Gasteiger partial charge in [-0.1, -0.05) is 26.0 Å². The summed E-state index contributed by atoms with van der Waals surface area (Å²) < 4.78 is 31.6. The zero-order chi connectivity index (χ0) is 27.1. The summed E-state index contributed by atoms with van der Waals surface area (Å²) in [5.41, 5.74) is 0.377. The van der Waals surface area contributed by atoms with E-state index in [-0.39, 0.29) is 48.4 Å². The van der Waals surface area contributed by atoms with Gasteiger partial charge in [0.05, 0.1) is 17.8 Å². The number of rotatable bonds is 6. The van der Waals surface area contributed by atoms with Gasteiger partial charge in [0.1, 0.15) is 23.9 Å². The highest BCUT2D eigenvalue weighted by Crippen LogP contribution is 2.88. The van der Waals surface area contributed by atoms with Gasteiger partial charge in [-0.15, -0.1) is 0 Å². The van der Waals surface area contributed by atoms with E-state index in [1.165, 1.54) is 0 Å². The SMILES string of the molecule is CNC(=O)c1ccc(C(OC)O[C@@H]2[C@@]3(C(C)C)O[C@H]3[C@@H]3C[C@]34[C@]23O[C@H]3C[C@H]2C3=C(CC[C@@]24O)C(=O)OC3)cc1. The van der Waals surface area contributed by atoms with Crippen LogP contribution in [0.4, 0.5) is 0 Å². The first-order valence-electron chi connectivity index (χ1n) is 14.2. The van der Waals surface area contributed by atoms with Crippen LogP contribution >= 0.6 is 0 Å². The van der Waals surface area contributed by atoms with Crippen LogP contribution in [0.25, 0.3) is 0 Å². The van der Waals surface area contributed by atoms with E-state index in [1.54, 1.807) is 26.3 Å². The quantitative estimate of drug-likeness (QED) is 0.323. The molecule has 39 heavy (non-hydrogen) atoms. The average Bonchev–Trinajstić information content (AvgIpc) is 3.85. The van der Waals surface area contributed by atoms with E-state index in [0.29, 0.717) is 24.8 Å². The van der Waals surface area contributed by atoms with Gasteiger partial charge in [-0.25, -0.2) is 4.79 Å². The van der Waals surface area contributed by atoms with Crippen molar-refractivity contribution >= 4 is 11.9 Å². The van der Waals surface area contributed by atoms with E-state index in [4.69, 9.17) is 23.7 Å². The van der Waals surface area contributed by atoms with Gasteiger partial charge >= 0.3 is 5.97 Å². The Kier molecular flexibility index (Phi) is 4.71. The number of aliphatic hydroxyl groups is 1. The Morgan fingerprint density at radius 1 is 1.21 bits per heavy atom. The minimum Gasteiger partial charge on any atom is -0.458 e. The van der Waals surface area contributed by atoms with Crippen LogP contribution in [0.2, 0.25) is 0 Å². The molecule has 8 rings (SSSR count). The highest BCUT2D eigenvalue weighted by atomic mass is 16.7. The Bertz CT molecular complexity index is 1320. The van der Waals surface area contributed by atoms with Crippen molar-refractivity contribution in [1.82, 2.24) is 5.32 Å². The molecule has 9 nitrogen and oxygen atoms in total. The lowest BCUT2D eigenvalue weighted by Gasteiger charge is -2.55. The Morgan fingerprint density at radius 2 is 1.97 bits per heavy atom. The summed E-state index contributed by atoms with van der Waals surface area (Å²) in [5, 5.41) is 15.3. The first-order valence-corrected chi connectivity index (χ1v) is 14.2. The normalized spacial score (nSPS) is 46.6.